The van der Waals surface area contributed by atoms with Crippen LogP contribution in [0.25, 0.3) is 11.6 Å². The maximum Gasteiger partial charge on any atom is 0.200 e. The van der Waals surface area contributed by atoms with E-state index in [0.717, 1.165) is 35.7 Å². The second-order valence-electron chi connectivity index (χ2n) is 7.77. The molecule has 3 heterocycles. The molecule has 1 aromatic carbocycles. The van der Waals surface area contributed by atoms with E-state index < -0.39 is 0 Å². The van der Waals surface area contributed by atoms with Crippen LogP contribution >= 0.6 is 11.8 Å². The number of carbonyl (C=O) groups is 1. The van der Waals surface area contributed by atoms with Crippen molar-refractivity contribution in [1.29, 1.82) is 0 Å². The lowest BCUT2D eigenvalue weighted by molar-refractivity contribution is 0.102. The number of furan rings is 1. The summed E-state index contributed by atoms with van der Waals surface area (Å²) in [5, 5.41) is 9.25. The van der Waals surface area contributed by atoms with Gasteiger partial charge in [0.2, 0.25) is 0 Å². The van der Waals surface area contributed by atoms with Crippen LogP contribution in [-0.2, 0) is 19.5 Å². The van der Waals surface area contributed by atoms with E-state index in [-0.39, 0.29) is 5.78 Å². The highest BCUT2D eigenvalue weighted by Gasteiger charge is 2.19. The number of hydrogen-bond acceptors (Lipinski definition) is 6. The van der Waals surface area contributed by atoms with Gasteiger partial charge in [0.1, 0.15) is 5.75 Å². The van der Waals surface area contributed by atoms with Crippen molar-refractivity contribution in [2.45, 2.75) is 45.4 Å². The van der Waals surface area contributed by atoms with E-state index >= 15 is 0 Å². The molecule has 3 aromatic heterocycles. The highest BCUT2D eigenvalue weighted by molar-refractivity contribution is 7.99. The molecule has 4 aromatic rings. The highest BCUT2D eigenvalue weighted by Crippen LogP contribution is 2.26. The van der Waals surface area contributed by atoms with E-state index in [1.165, 1.54) is 17.3 Å². The third-order valence-corrected chi connectivity index (χ3v) is 6.73. The first kappa shape index (κ1) is 22.9. The molecule has 0 aliphatic heterocycles. The van der Waals surface area contributed by atoms with Crippen molar-refractivity contribution in [3.05, 3.63) is 71.2 Å². The van der Waals surface area contributed by atoms with Crippen molar-refractivity contribution in [2.24, 2.45) is 0 Å². The number of ketones is 1. The van der Waals surface area contributed by atoms with E-state index in [0.29, 0.717) is 29.0 Å². The molecule has 0 atom stereocenters. The molecule has 0 saturated heterocycles. The number of ether oxygens (including phenoxy) is 1. The number of carbonyl (C=O) groups excluding carboxylic acids is 1. The van der Waals surface area contributed by atoms with Gasteiger partial charge in [-0.1, -0.05) is 23.9 Å². The van der Waals surface area contributed by atoms with Crippen LogP contribution in [-0.4, -0.2) is 38.0 Å². The molecular weight excluding hydrogens is 436 g/mol. The van der Waals surface area contributed by atoms with Crippen LogP contribution in [0.15, 0.2) is 58.3 Å². The zero-order valence-corrected chi connectivity index (χ0v) is 20.2. The summed E-state index contributed by atoms with van der Waals surface area (Å²) < 4.78 is 14.9. The van der Waals surface area contributed by atoms with Crippen LogP contribution < -0.4 is 4.74 Å². The summed E-state index contributed by atoms with van der Waals surface area (Å²) in [7, 11) is 1.67. The Balaban J connectivity index is 1.43. The number of methoxy groups -OCH3 is 1. The van der Waals surface area contributed by atoms with Gasteiger partial charge in [-0.2, -0.15) is 0 Å². The second-order valence-corrected chi connectivity index (χ2v) is 8.72. The fraction of sp³-hybridized carbons (Fsp3) is 0.320. The van der Waals surface area contributed by atoms with Gasteiger partial charge in [-0.25, -0.2) is 0 Å². The molecule has 8 heteroatoms. The normalized spacial score (nSPS) is 11.2. The summed E-state index contributed by atoms with van der Waals surface area (Å²) in [6, 6.07) is 13.8. The maximum atomic E-state index is 13.1. The van der Waals surface area contributed by atoms with Crippen molar-refractivity contribution >= 4 is 17.5 Å². The van der Waals surface area contributed by atoms with Gasteiger partial charge in [0, 0.05) is 30.0 Å². The fourth-order valence-electron chi connectivity index (χ4n) is 3.94. The Morgan fingerprint density at radius 2 is 1.91 bits per heavy atom. The quantitative estimate of drug-likeness (QED) is 0.237. The first-order valence-corrected chi connectivity index (χ1v) is 11.9. The van der Waals surface area contributed by atoms with Gasteiger partial charge in [0.25, 0.3) is 0 Å². The first-order chi connectivity index (χ1) is 16.0. The minimum Gasteiger partial charge on any atom is -0.497 e. The Bertz CT molecular complexity index is 1220. The largest absolute Gasteiger partial charge is 0.497 e. The Morgan fingerprint density at radius 3 is 2.58 bits per heavy atom. The lowest BCUT2D eigenvalue weighted by Gasteiger charge is -2.10. The molecule has 0 fully saturated rings. The van der Waals surface area contributed by atoms with Gasteiger partial charge in [0.05, 0.1) is 19.1 Å². The van der Waals surface area contributed by atoms with Crippen LogP contribution in [0.3, 0.4) is 0 Å². The summed E-state index contributed by atoms with van der Waals surface area (Å²) in [5.74, 6) is 2.60. The van der Waals surface area contributed by atoms with Gasteiger partial charge in [-0.15, -0.1) is 10.2 Å². The number of hydrogen-bond donors (Lipinski definition) is 0. The van der Waals surface area contributed by atoms with E-state index in [4.69, 9.17) is 9.15 Å². The molecule has 33 heavy (non-hydrogen) atoms. The number of benzene rings is 1. The Morgan fingerprint density at radius 1 is 1.12 bits per heavy atom. The van der Waals surface area contributed by atoms with Gasteiger partial charge >= 0.3 is 0 Å². The number of Topliss-reactive ketones (excluding diaryl/α,β-unsaturated/α-hetero) is 1. The van der Waals surface area contributed by atoms with Crippen LogP contribution in [0.2, 0.25) is 0 Å². The van der Waals surface area contributed by atoms with Crippen molar-refractivity contribution in [2.75, 3.05) is 12.9 Å². The molecular formula is C25H28N4O3S. The zero-order valence-electron chi connectivity index (χ0n) is 19.4. The number of thioether (sulfide) groups is 1. The molecule has 0 aliphatic carbocycles. The van der Waals surface area contributed by atoms with Crippen molar-refractivity contribution in [3.63, 3.8) is 0 Å². The first-order valence-electron chi connectivity index (χ1n) is 10.9. The number of aryl methyl sites for hydroxylation is 2. The van der Waals surface area contributed by atoms with E-state index in [2.05, 4.69) is 26.9 Å². The minimum atomic E-state index is 0.0917. The molecule has 0 spiro atoms. The standard InChI is InChI=1S/C25H28N4O3S/c1-5-28-24(23-7-6-14-32-23)26-27-25(28)33-16-22(30)21-15-17(2)29(18(21)3)13-12-19-8-10-20(31-4)11-9-19/h6-11,14-15H,5,12-13,16H2,1-4H3. The highest BCUT2D eigenvalue weighted by atomic mass is 32.2. The van der Waals surface area contributed by atoms with Crippen LogP contribution in [0.5, 0.6) is 5.75 Å². The SMILES string of the molecule is CCn1c(SCC(=O)c2cc(C)n(CCc3ccc(OC)cc3)c2C)nnc1-c1ccco1. The predicted molar refractivity (Wildman–Crippen MR) is 129 cm³/mol. The average molecular weight is 465 g/mol. The predicted octanol–water partition coefficient (Wildman–Crippen LogP) is 5.20. The summed E-state index contributed by atoms with van der Waals surface area (Å²) in [6.07, 6.45) is 2.50. The number of aromatic nitrogens is 4. The van der Waals surface area contributed by atoms with E-state index in [1.54, 1.807) is 13.4 Å². The third kappa shape index (κ3) is 4.90. The molecule has 172 valence electrons. The molecule has 0 aliphatic rings. The van der Waals surface area contributed by atoms with Crippen molar-refractivity contribution in [3.8, 4) is 17.3 Å². The summed E-state index contributed by atoms with van der Waals surface area (Å²) in [4.78, 5) is 13.1. The number of nitrogens with zero attached hydrogens (tertiary/aromatic N) is 4. The molecule has 0 bridgehead atoms. The summed E-state index contributed by atoms with van der Waals surface area (Å²) >= 11 is 1.41. The Kier molecular flexibility index (Phi) is 7.03. The maximum absolute atomic E-state index is 13.1. The summed E-state index contributed by atoms with van der Waals surface area (Å²) in [6.45, 7) is 7.61. The lowest BCUT2D eigenvalue weighted by atomic mass is 10.1. The third-order valence-electron chi connectivity index (χ3n) is 5.76. The van der Waals surface area contributed by atoms with Crippen LogP contribution in [0.1, 0.15) is 34.2 Å². The molecule has 0 amide bonds. The van der Waals surface area contributed by atoms with Crippen molar-refractivity contribution in [1.82, 2.24) is 19.3 Å². The lowest BCUT2D eigenvalue weighted by Crippen LogP contribution is -2.09. The monoisotopic (exact) mass is 464 g/mol. The fourth-order valence-corrected chi connectivity index (χ4v) is 4.82. The molecule has 7 nitrogen and oxygen atoms in total. The molecule has 0 saturated carbocycles. The smallest absolute Gasteiger partial charge is 0.200 e. The molecule has 0 radical (unpaired) electrons. The Hall–Kier alpha value is -3.26. The van der Waals surface area contributed by atoms with Crippen LogP contribution in [0, 0.1) is 13.8 Å². The van der Waals surface area contributed by atoms with Crippen LogP contribution in [0.4, 0.5) is 0 Å². The van der Waals surface area contributed by atoms with Gasteiger partial charge in [-0.05, 0) is 63.1 Å². The van der Waals surface area contributed by atoms with Gasteiger partial charge in [0.15, 0.2) is 22.5 Å². The van der Waals surface area contributed by atoms with E-state index in [1.807, 2.05) is 55.7 Å². The topological polar surface area (TPSA) is 75.1 Å². The Labute approximate surface area is 197 Å². The van der Waals surface area contributed by atoms with Gasteiger partial charge < -0.3 is 13.7 Å². The summed E-state index contributed by atoms with van der Waals surface area (Å²) in [5.41, 5.74) is 4.09. The molecule has 4 rings (SSSR count). The minimum absolute atomic E-state index is 0.0917. The van der Waals surface area contributed by atoms with E-state index in [9.17, 15) is 4.79 Å². The molecule has 0 N–H and O–H groups in total. The van der Waals surface area contributed by atoms with Gasteiger partial charge in [-0.3, -0.25) is 9.36 Å². The average Bonchev–Trinajstić information content (AvgIpc) is 3.56. The number of rotatable bonds is 10. The zero-order chi connectivity index (χ0) is 23.4. The second kappa shape index (κ2) is 10.1. The molecule has 0 unspecified atom stereocenters. The van der Waals surface area contributed by atoms with Crippen molar-refractivity contribution < 1.29 is 13.9 Å².